The van der Waals surface area contributed by atoms with Gasteiger partial charge in [0.05, 0.1) is 48.4 Å². The molecule has 10 heteroatoms. The monoisotopic (exact) mass is 434 g/mol. The van der Waals surface area contributed by atoms with Gasteiger partial charge < -0.3 is 15.0 Å². The molecule has 32 heavy (non-hydrogen) atoms. The van der Waals surface area contributed by atoms with E-state index < -0.39 is 5.41 Å². The Kier molecular flexibility index (Phi) is 5.95. The lowest BCUT2D eigenvalue weighted by molar-refractivity contribution is 0.183. The van der Waals surface area contributed by atoms with Gasteiger partial charge in [0.15, 0.2) is 5.82 Å². The summed E-state index contributed by atoms with van der Waals surface area (Å²) in [6.07, 6.45) is 8.53. The van der Waals surface area contributed by atoms with Crippen LogP contribution >= 0.6 is 0 Å². The second-order valence-electron chi connectivity index (χ2n) is 8.02. The van der Waals surface area contributed by atoms with Crippen molar-refractivity contribution in [2.75, 3.05) is 19.5 Å². The molecule has 0 amide bonds. The van der Waals surface area contributed by atoms with E-state index >= 15 is 0 Å². The van der Waals surface area contributed by atoms with Gasteiger partial charge in [0.25, 0.3) is 5.89 Å². The molecule has 4 aromatic rings. The van der Waals surface area contributed by atoms with Gasteiger partial charge in [-0.25, -0.2) is 9.97 Å². The van der Waals surface area contributed by atoms with Crippen molar-refractivity contribution in [3.05, 3.63) is 54.5 Å². The van der Waals surface area contributed by atoms with E-state index in [0.29, 0.717) is 42.1 Å². The number of nitrogen functional groups attached to an aromatic ring is 1. The standard InChI is InChI=1S/C22H26N8O2/c1-14(2)22(3,16-5-6-17(24-10-16)18-11-26-19(23)12-25-18)21-28-20(32-29-21)15-9-27-30(13-15)7-8-31-4/h5-6,9-14H,7-8H2,1-4H3,(H2,23,26)/t22-/m1/s1. The minimum atomic E-state index is -0.508. The normalized spacial score (nSPS) is 13.4. The number of hydrogen-bond donors (Lipinski definition) is 1. The van der Waals surface area contributed by atoms with Gasteiger partial charge in [-0.15, -0.1) is 0 Å². The Balaban J connectivity index is 1.63. The molecule has 1 atom stereocenters. The number of nitrogens with two attached hydrogens (primary N) is 1. The zero-order valence-electron chi connectivity index (χ0n) is 18.6. The van der Waals surface area contributed by atoms with Crippen LogP contribution in [0.4, 0.5) is 5.82 Å². The summed E-state index contributed by atoms with van der Waals surface area (Å²) in [6, 6.07) is 3.93. The highest BCUT2D eigenvalue weighted by Crippen LogP contribution is 2.38. The first kappa shape index (κ1) is 21.6. The van der Waals surface area contributed by atoms with Crippen LogP contribution in [0.15, 0.2) is 47.6 Å². The van der Waals surface area contributed by atoms with E-state index in [0.717, 1.165) is 11.1 Å². The molecule has 10 nitrogen and oxygen atoms in total. The summed E-state index contributed by atoms with van der Waals surface area (Å²) in [4.78, 5) is 17.7. The van der Waals surface area contributed by atoms with Crippen molar-refractivity contribution in [1.29, 1.82) is 0 Å². The number of nitrogens with zero attached hydrogens (tertiary/aromatic N) is 7. The van der Waals surface area contributed by atoms with E-state index in [1.807, 2.05) is 24.5 Å². The highest BCUT2D eigenvalue weighted by molar-refractivity contribution is 5.54. The average Bonchev–Trinajstić information content (AvgIpc) is 3.47. The molecular formula is C22H26N8O2. The van der Waals surface area contributed by atoms with Gasteiger partial charge in [0.1, 0.15) is 11.5 Å². The molecule has 0 bridgehead atoms. The molecule has 0 saturated carbocycles. The van der Waals surface area contributed by atoms with Crippen molar-refractivity contribution in [2.45, 2.75) is 32.7 Å². The highest BCUT2D eigenvalue weighted by atomic mass is 16.5. The fourth-order valence-corrected chi connectivity index (χ4v) is 3.38. The molecule has 0 fully saturated rings. The molecular weight excluding hydrogens is 408 g/mol. The van der Waals surface area contributed by atoms with Gasteiger partial charge in [-0.1, -0.05) is 25.1 Å². The number of pyridine rings is 1. The van der Waals surface area contributed by atoms with E-state index in [9.17, 15) is 0 Å². The lowest BCUT2D eigenvalue weighted by atomic mass is 9.73. The predicted molar refractivity (Wildman–Crippen MR) is 118 cm³/mol. The highest BCUT2D eigenvalue weighted by Gasteiger charge is 2.38. The Bertz CT molecular complexity index is 1170. The topological polar surface area (TPSA) is 131 Å². The van der Waals surface area contributed by atoms with Gasteiger partial charge in [-0.05, 0) is 24.5 Å². The van der Waals surface area contributed by atoms with Crippen LogP contribution in [-0.2, 0) is 16.7 Å². The van der Waals surface area contributed by atoms with Crippen molar-refractivity contribution >= 4 is 5.82 Å². The lowest BCUT2D eigenvalue weighted by Gasteiger charge is -2.30. The largest absolute Gasteiger partial charge is 0.383 e. The molecule has 0 unspecified atom stereocenters. The maximum absolute atomic E-state index is 5.62. The Labute approximate surface area is 185 Å². The van der Waals surface area contributed by atoms with Crippen LogP contribution in [0.2, 0.25) is 0 Å². The Morgan fingerprint density at radius 3 is 2.56 bits per heavy atom. The summed E-state index contributed by atoms with van der Waals surface area (Å²) in [5, 5.41) is 8.63. The van der Waals surface area contributed by atoms with Crippen molar-refractivity contribution in [1.82, 2.24) is 34.9 Å². The molecule has 0 radical (unpaired) electrons. The smallest absolute Gasteiger partial charge is 0.261 e. The van der Waals surface area contributed by atoms with Crippen LogP contribution < -0.4 is 5.73 Å². The molecule has 4 rings (SSSR count). The van der Waals surface area contributed by atoms with Crippen molar-refractivity contribution in [3.63, 3.8) is 0 Å². The van der Waals surface area contributed by atoms with Gasteiger partial charge in [-0.2, -0.15) is 10.1 Å². The Morgan fingerprint density at radius 1 is 1.09 bits per heavy atom. The minimum Gasteiger partial charge on any atom is -0.383 e. The summed E-state index contributed by atoms with van der Waals surface area (Å²) in [5.74, 6) is 1.57. The quantitative estimate of drug-likeness (QED) is 0.444. The number of ether oxygens (including phenoxy) is 1. The van der Waals surface area contributed by atoms with E-state index in [-0.39, 0.29) is 5.92 Å². The summed E-state index contributed by atoms with van der Waals surface area (Å²) in [5.41, 5.74) is 8.22. The van der Waals surface area contributed by atoms with Crippen molar-refractivity contribution in [3.8, 4) is 22.8 Å². The molecule has 0 aliphatic heterocycles. The van der Waals surface area contributed by atoms with E-state index in [2.05, 4.69) is 46.0 Å². The zero-order chi connectivity index (χ0) is 22.7. The van der Waals surface area contributed by atoms with Crippen molar-refractivity contribution < 1.29 is 9.26 Å². The van der Waals surface area contributed by atoms with Crippen LogP contribution in [0.1, 0.15) is 32.2 Å². The van der Waals surface area contributed by atoms with Gasteiger partial charge in [0, 0.05) is 19.5 Å². The predicted octanol–water partition coefficient (Wildman–Crippen LogP) is 2.98. The number of methoxy groups -OCH3 is 1. The summed E-state index contributed by atoms with van der Waals surface area (Å²) >= 11 is 0. The summed E-state index contributed by atoms with van der Waals surface area (Å²) in [6.45, 7) is 7.56. The summed E-state index contributed by atoms with van der Waals surface area (Å²) < 4.78 is 12.5. The molecule has 0 aromatic carbocycles. The number of hydrogen-bond acceptors (Lipinski definition) is 9. The van der Waals surface area contributed by atoms with Gasteiger partial charge >= 0.3 is 0 Å². The van der Waals surface area contributed by atoms with Gasteiger partial charge in [-0.3, -0.25) is 9.67 Å². The van der Waals surface area contributed by atoms with Crippen LogP contribution in [0.3, 0.4) is 0 Å². The first-order chi connectivity index (χ1) is 15.4. The molecule has 0 aliphatic rings. The van der Waals surface area contributed by atoms with Crippen LogP contribution in [0.5, 0.6) is 0 Å². The molecule has 2 N–H and O–H groups in total. The molecule has 0 aliphatic carbocycles. The average molecular weight is 435 g/mol. The van der Waals surface area contributed by atoms with E-state index in [1.165, 1.54) is 6.20 Å². The molecule has 0 saturated heterocycles. The summed E-state index contributed by atoms with van der Waals surface area (Å²) in [7, 11) is 1.66. The third-order valence-electron chi connectivity index (χ3n) is 5.75. The number of anilines is 1. The fraction of sp³-hybridized carbons (Fsp3) is 0.364. The van der Waals surface area contributed by atoms with E-state index in [4.69, 9.17) is 20.0 Å². The molecule has 166 valence electrons. The molecule has 4 aromatic heterocycles. The Morgan fingerprint density at radius 2 is 1.91 bits per heavy atom. The first-order valence-corrected chi connectivity index (χ1v) is 10.3. The van der Waals surface area contributed by atoms with Crippen LogP contribution in [-0.4, -0.2) is 48.6 Å². The maximum Gasteiger partial charge on any atom is 0.261 e. The second kappa shape index (κ2) is 8.83. The number of aromatic nitrogens is 7. The second-order valence-corrected chi connectivity index (χ2v) is 8.02. The molecule has 0 spiro atoms. The van der Waals surface area contributed by atoms with Crippen molar-refractivity contribution in [2.24, 2.45) is 5.92 Å². The van der Waals surface area contributed by atoms with Crippen LogP contribution in [0.25, 0.3) is 22.8 Å². The minimum absolute atomic E-state index is 0.182. The zero-order valence-corrected chi connectivity index (χ0v) is 18.6. The first-order valence-electron chi connectivity index (χ1n) is 10.3. The fourth-order valence-electron chi connectivity index (χ4n) is 3.38. The lowest BCUT2D eigenvalue weighted by Crippen LogP contribution is -2.31. The maximum atomic E-state index is 5.62. The third kappa shape index (κ3) is 4.09. The van der Waals surface area contributed by atoms with Gasteiger partial charge in [0.2, 0.25) is 0 Å². The SMILES string of the molecule is COCCn1cc(-c2nc([C@@](C)(c3ccc(-c4cnc(N)cn4)nc3)C(C)C)no2)cn1. The number of rotatable bonds is 8. The Hall–Kier alpha value is -3.66. The third-order valence-corrected chi connectivity index (χ3v) is 5.75. The molecule has 4 heterocycles. The van der Waals surface area contributed by atoms with E-state index in [1.54, 1.807) is 24.2 Å². The van der Waals surface area contributed by atoms with Crippen LogP contribution in [0, 0.1) is 5.92 Å².